The molecule has 0 aromatic carbocycles. The largest absolute Gasteiger partial charge is 0.467 e. The van der Waals surface area contributed by atoms with Crippen molar-refractivity contribution in [3.8, 4) is 0 Å². The summed E-state index contributed by atoms with van der Waals surface area (Å²) in [7, 11) is 0. The number of hydrogen-bond donors (Lipinski definition) is 1. The van der Waals surface area contributed by atoms with Crippen LogP contribution in [0.25, 0.3) is 0 Å². The molecule has 3 nitrogen and oxygen atoms in total. The van der Waals surface area contributed by atoms with Gasteiger partial charge in [-0.25, -0.2) is 0 Å². The smallest absolute Gasteiger partial charge is 0.129 e. The van der Waals surface area contributed by atoms with Gasteiger partial charge >= 0.3 is 0 Å². The molecule has 0 spiro atoms. The summed E-state index contributed by atoms with van der Waals surface area (Å²) < 4.78 is 11.4. The molecule has 1 aromatic heterocycles. The first-order valence-corrected chi connectivity index (χ1v) is 6.86. The first-order valence-electron chi connectivity index (χ1n) is 6.86. The molecule has 2 atom stereocenters. The maximum Gasteiger partial charge on any atom is 0.129 e. The molecule has 1 saturated carbocycles. The molecule has 2 rings (SSSR count). The van der Waals surface area contributed by atoms with Gasteiger partial charge in [-0.3, -0.25) is 0 Å². The topological polar surface area (TPSA) is 48.4 Å². The lowest BCUT2D eigenvalue weighted by molar-refractivity contribution is -0.0368. The van der Waals surface area contributed by atoms with Gasteiger partial charge in [0, 0.05) is 12.1 Å². The second-order valence-corrected chi connectivity index (χ2v) is 6.47. The summed E-state index contributed by atoms with van der Waals surface area (Å²) in [5.41, 5.74) is 6.99. The van der Waals surface area contributed by atoms with Crippen LogP contribution in [0.1, 0.15) is 51.4 Å². The second kappa shape index (κ2) is 5.45. The van der Waals surface area contributed by atoms with Crippen molar-refractivity contribution in [2.75, 3.05) is 0 Å². The molecule has 2 unspecified atom stereocenters. The van der Waals surface area contributed by atoms with Crippen LogP contribution >= 0.6 is 0 Å². The lowest BCUT2D eigenvalue weighted by Gasteiger charge is -2.38. The van der Waals surface area contributed by atoms with Gasteiger partial charge in [0.1, 0.15) is 12.4 Å². The van der Waals surface area contributed by atoms with Gasteiger partial charge in [0.05, 0.1) is 12.4 Å². The summed E-state index contributed by atoms with van der Waals surface area (Å²) in [5, 5.41) is 0. The Morgan fingerprint density at radius 2 is 2.22 bits per heavy atom. The fourth-order valence-electron chi connectivity index (χ4n) is 3.19. The third-order valence-electron chi connectivity index (χ3n) is 3.75. The maximum absolute atomic E-state index is 6.00. The van der Waals surface area contributed by atoms with Crippen LogP contribution < -0.4 is 5.73 Å². The number of nitrogens with two attached hydrogens (primary N) is 1. The molecule has 0 radical (unpaired) electrons. The van der Waals surface area contributed by atoms with Crippen LogP contribution in [-0.2, 0) is 17.9 Å². The standard InChI is InChI=1S/C15H25NO2/c1-11-4-13(7-15(2,3)6-11)18-10-14-5-12(8-16)9-17-14/h5,9,11,13H,4,6-8,10,16H2,1-3H3. The summed E-state index contributed by atoms with van der Waals surface area (Å²) in [5.74, 6) is 1.63. The van der Waals surface area contributed by atoms with Crippen LogP contribution in [0.3, 0.4) is 0 Å². The first-order chi connectivity index (χ1) is 8.48. The Labute approximate surface area is 110 Å². The van der Waals surface area contributed by atoms with Gasteiger partial charge in [-0.05, 0) is 36.7 Å². The van der Waals surface area contributed by atoms with Crippen molar-refractivity contribution < 1.29 is 9.15 Å². The Kier molecular flexibility index (Phi) is 4.13. The van der Waals surface area contributed by atoms with Crippen molar-refractivity contribution in [3.63, 3.8) is 0 Å². The Hall–Kier alpha value is -0.800. The van der Waals surface area contributed by atoms with Crippen molar-refractivity contribution in [2.45, 2.75) is 59.3 Å². The molecule has 0 saturated heterocycles. The summed E-state index contributed by atoms with van der Waals surface area (Å²) in [6.45, 7) is 8.07. The van der Waals surface area contributed by atoms with Crippen molar-refractivity contribution in [3.05, 3.63) is 23.7 Å². The van der Waals surface area contributed by atoms with E-state index in [1.165, 1.54) is 6.42 Å². The molecule has 0 aliphatic heterocycles. The normalized spacial score (nSPS) is 27.3. The van der Waals surface area contributed by atoms with E-state index in [-0.39, 0.29) is 0 Å². The molecule has 1 fully saturated rings. The zero-order chi connectivity index (χ0) is 13.2. The summed E-state index contributed by atoms with van der Waals surface area (Å²) in [4.78, 5) is 0. The van der Waals surface area contributed by atoms with Crippen LogP contribution in [0, 0.1) is 11.3 Å². The van der Waals surface area contributed by atoms with Crippen LogP contribution in [0.2, 0.25) is 0 Å². The van der Waals surface area contributed by atoms with Gasteiger partial charge in [-0.15, -0.1) is 0 Å². The zero-order valence-corrected chi connectivity index (χ0v) is 11.7. The van der Waals surface area contributed by atoms with E-state index >= 15 is 0 Å². The summed E-state index contributed by atoms with van der Waals surface area (Å²) in [6.07, 6.45) is 5.67. The van der Waals surface area contributed by atoms with Gasteiger partial charge < -0.3 is 14.9 Å². The van der Waals surface area contributed by atoms with E-state index in [2.05, 4.69) is 20.8 Å². The number of furan rings is 1. The van der Waals surface area contributed by atoms with E-state index in [1.54, 1.807) is 6.26 Å². The maximum atomic E-state index is 6.00. The third kappa shape index (κ3) is 3.59. The van der Waals surface area contributed by atoms with Crippen molar-refractivity contribution in [1.29, 1.82) is 0 Å². The minimum absolute atomic E-state index is 0.357. The Morgan fingerprint density at radius 1 is 1.44 bits per heavy atom. The predicted molar refractivity (Wildman–Crippen MR) is 72.0 cm³/mol. The van der Waals surface area contributed by atoms with Crippen molar-refractivity contribution in [2.24, 2.45) is 17.1 Å². The van der Waals surface area contributed by atoms with E-state index < -0.39 is 0 Å². The molecular formula is C15H25NO2. The fourth-order valence-corrected chi connectivity index (χ4v) is 3.19. The molecule has 3 heteroatoms. The molecule has 1 aliphatic carbocycles. The van der Waals surface area contributed by atoms with Crippen molar-refractivity contribution in [1.82, 2.24) is 0 Å². The quantitative estimate of drug-likeness (QED) is 0.891. The monoisotopic (exact) mass is 251 g/mol. The zero-order valence-electron chi connectivity index (χ0n) is 11.7. The van der Waals surface area contributed by atoms with E-state index in [4.69, 9.17) is 14.9 Å². The van der Waals surface area contributed by atoms with Gasteiger partial charge in [0.2, 0.25) is 0 Å². The molecule has 0 amide bonds. The highest BCUT2D eigenvalue weighted by molar-refractivity contribution is 5.11. The van der Waals surface area contributed by atoms with Gasteiger partial charge in [0.25, 0.3) is 0 Å². The van der Waals surface area contributed by atoms with Gasteiger partial charge in [-0.2, -0.15) is 0 Å². The lowest BCUT2D eigenvalue weighted by Crippen LogP contribution is -2.32. The average molecular weight is 251 g/mol. The van der Waals surface area contributed by atoms with E-state index in [9.17, 15) is 0 Å². The lowest BCUT2D eigenvalue weighted by atomic mass is 9.71. The molecule has 0 bridgehead atoms. The Morgan fingerprint density at radius 3 is 2.83 bits per heavy atom. The molecule has 18 heavy (non-hydrogen) atoms. The summed E-state index contributed by atoms with van der Waals surface area (Å²) in [6, 6.07) is 1.98. The molecular weight excluding hydrogens is 226 g/mol. The van der Waals surface area contributed by atoms with E-state index in [1.807, 2.05) is 6.07 Å². The van der Waals surface area contributed by atoms with Crippen molar-refractivity contribution >= 4 is 0 Å². The molecule has 102 valence electrons. The van der Waals surface area contributed by atoms with E-state index in [0.717, 1.165) is 30.1 Å². The highest BCUT2D eigenvalue weighted by atomic mass is 16.5. The third-order valence-corrected chi connectivity index (χ3v) is 3.75. The first kappa shape index (κ1) is 13.6. The molecule has 1 heterocycles. The molecule has 1 aromatic rings. The minimum Gasteiger partial charge on any atom is -0.467 e. The van der Waals surface area contributed by atoms with Crippen LogP contribution in [0.5, 0.6) is 0 Å². The van der Waals surface area contributed by atoms with Gasteiger partial charge in [0.15, 0.2) is 0 Å². The number of rotatable bonds is 4. The average Bonchev–Trinajstić information content (AvgIpc) is 2.71. The van der Waals surface area contributed by atoms with Gasteiger partial charge in [-0.1, -0.05) is 20.8 Å². The highest BCUT2D eigenvalue weighted by Gasteiger charge is 2.32. The van der Waals surface area contributed by atoms with Crippen LogP contribution in [-0.4, -0.2) is 6.10 Å². The SMILES string of the molecule is CC1CC(OCc2cc(CN)co2)CC(C)(C)C1. The fraction of sp³-hybridized carbons (Fsp3) is 0.733. The van der Waals surface area contributed by atoms with Crippen LogP contribution in [0.15, 0.2) is 16.7 Å². The number of ether oxygens (including phenoxy) is 1. The van der Waals surface area contributed by atoms with E-state index in [0.29, 0.717) is 24.7 Å². The summed E-state index contributed by atoms with van der Waals surface area (Å²) >= 11 is 0. The Bertz CT molecular complexity index is 384. The number of hydrogen-bond acceptors (Lipinski definition) is 3. The molecule has 2 N–H and O–H groups in total. The molecule has 1 aliphatic rings. The minimum atomic E-state index is 0.357. The Balaban J connectivity index is 1.86. The predicted octanol–water partition coefficient (Wildman–Crippen LogP) is 3.47. The second-order valence-electron chi connectivity index (χ2n) is 6.47. The van der Waals surface area contributed by atoms with Crippen LogP contribution in [0.4, 0.5) is 0 Å². The highest BCUT2D eigenvalue weighted by Crippen LogP contribution is 2.39.